The van der Waals surface area contributed by atoms with Crippen molar-refractivity contribution < 1.29 is 9.90 Å². The lowest BCUT2D eigenvalue weighted by atomic mass is 10.0. The van der Waals surface area contributed by atoms with Gasteiger partial charge in [-0.2, -0.15) is 0 Å². The molecule has 0 spiro atoms. The molecule has 0 amide bonds. The van der Waals surface area contributed by atoms with Crippen molar-refractivity contribution in [2.24, 2.45) is 5.92 Å². The van der Waals surface area contributed by atoms with Crippen molar-refractivity contribution in [2.45, 2.75) is 13.3 Å². The zero-order valence-electron chi connectivity index (χ0n) is 6.90. The number of pyridine rings is 1. The van der Waals surface area contributed by atoms with Crippen molar-refractivity contribution in [3.05, 3.63) is 30.1 Å². The number of rotatable bonds is 3. The van der Waals surface area contributed by atoms with Crippen LogP contribution in [0.15, 0.2) is 24.5 Å². The Hall–Kier alpha value is -1.38. The molecule has 1 aromatic heterocycles. The third-order valence-corrected chi connectivity index (χ3v) is 1.71. The Kier molecular flexibility index (Phi) is 2.80. The first kappa shape index (κ1) is 8.71. The Morgan fingerprint density at radius 2 is 2.17 bits per heavy atom. The summed E-state index contributed by atoms with van der Waals surface area (Å²) in [6, 6.07) is 3.67. The van der Waals surface area contributed by atoms with Crippen LogP contribution in [0.5, 0.6) is 0 Å². The number of nitrogens with zero attached hydrogens (tertiary/aromatic N) is 1. The largest absolute Gasteiger partial charge is 0.481 e. The van der Waals surface area contributed by atoms with Gasteiger partial charge >= 0.3 is 5.97 Å². The van der Waals surface area contributed by atoms with E-state index in [1.807, 2.05) is 12.1 Å². The van der Waals surface area contributed by atoms with Crippen LogP contribution < -0.4 is 0 Å². The molecule has 12 heavy (non-hydrogen) atoms. The molecule has 1 heterocycles. The monoisotopic (exact) mass is 165 g/mol. The second-order valence-electron chi connectivity index (χ2n) is 2.80. The molecule has 0 unspecified atom stereocenters. The standard InChI is InChI=1S/C9H11NO2/c1-7(9(11)12)6-8-2-4-10-5-3-8/h2-5,7H,6H2,1H3,(H,11,12)/t7-/m0/s1. The van der Waals surface area contributed by atoms with Gasteiger partial charge in [-0.05, 0) is 24.1 Å². The maximum atomic E-state index is 10.5. The van der Waals surface area contributed by atoms with Crippen molar-refractivity contribution in [1.29, 1.82) is 0 Å². The van der Waals surface area contributed by atoms with E-state index >= 15 is 0 Å². The summed E-state index contributed by atoms with van der Waals surface area (Å²) in [5, 5.41) is 8.63. The van der Waals surface area contributed by atoms with Gasteiger partial charge in [0.15, 0.2) is 0 Å². The van der Waals surface area contributed by atoms with Crippen LogP contribution in [0.3, 0.4) is 0 Å². The Morgan fingerprint density at radius 3 is 2.67 bits per heavy atom. The van der Waals surface area contributed by atoms with Gasteiger partial charge in [-0.25, -0.2) is 0 Å². The van der Waals surface area contributed by atoms with E-state index in [0.717, 1.165) is 5.56 Å². The molecule has 1 rings (SSSR count). The van der Waals surface area contributed by atoms with Crippen LogP contribution >= 0.6 is 0 Å². The molecule has 1 atom stereocenters. The number of aliphatic carboxylic acids is 1. The second kappa shape index (κ2) is 3.85. The molecular weight excluding hydrogens is 154 g/mol. The predicted octanol–water partition coefficient (Wildman–Crippen LogP) is 1.34. The average Bonchev–Trinajstić information content (AvgIpc) is 2.06. The lowest BCUT2D eigenvalue weighted by Crippen LogP contribution is -2.12. The lowest BCUT2D eigenvalue weighted by Gasteiger charge is -2.04. The molecule has 0 aliphatic heterocycles. The maximum absolute atomic E-state index is 10.5. The van der Waals surface area contributed by atoms with E-state index in [0.29, 0.717) is 6.42 Å². The number of aromatic nitrogens is 1. The highest BCUT2D eigenvalue weighted by molar-refractivity contribution is 5.69. The molecule has 1 N–H and O–H groups in total. The van der Waals surface area contributed by atoms with Crippen LogP contribution in [0.4, 0.5) is 0 Å². The first-order chi connectivity index (χ1) is 5.70. The number of hydrogen-bond acceptors (Lipinski definition) is 2. The minimum Gasteiger partial charge on any atom is -0.481 e. The Morgan fingerprint density at radius 1 is 1.58 bits per heavy atom. The van der Waals surface area contributed by atoms with E-state index in [1.165, 1.54) is 0 Å². The van der Waals surface area contributed by atoms with E-state index in [4.69, 9.17) is 5.11 Å². The summed E-state index contributed by atoms with van der Waals surface area (Å²) in [5.74, 6) is -1.08. The number of carboxylic acid groups (broad SMARTS) is 1. The third kappa shape index (κ3) is 2.34. The van der Waals surface area contributed by atoms with Crippen LogP contribution in [-0.4, -0.2) is 16.1 Å². The zero-order chi connectivity index (χ0) is 8.97. The van der Waals surface area contributed by atoms with Crippen molar-refractivity contribution in [2.75, 3.05) is 0 Å². The highest BCUT2D eigenvalue weighted by Gasteiger charge is 2.10. The van der Waals surface area contributed by atoms with Crippen LogP contribution in [0.25, 0.3) is 0 Å². The highest BCUT2D eigenvalue weighted by Crippen LogP contribution is 2.06. The van der Waals surface area contributed by atoms with E-state index in [2.05, 4.69) is 4.98 Å². The normalized spacial score (nSPS) is 12.4. The third-order valence-electron chi connectivity index (χ3n) is 1.71. The molecule has 0 bridgehead atoms. The molecule has 0 fully saturated rings. The molecule has 0 radical (unpaired) electrons. The molecule has 64 valence electrons. The molecular formula is C9H11NO2. The van der Waals surface area contributed by atoms with Crippen LogP contribution in [0.2, 0.25) is 0 Å². The van der Waals surface area contributed by atoms with Gasteiger partial charge in [-0.1, -0.05) is 6.92 Å². The van der Waals surface area contributed by atoms with Crippen molar-refractivity contribution in [1.82, 2.24) is 4.98 Å². The molecule has 0 saturated carbocycles. The zero-order valence-corrected chi connectivity index (χ0v) is 6.90. The average molecular weight is 165 g/mol. The van der Waals surface area contributed by atoms with Crippen molar-refractivity contribution in [3.63, 3.8) is 0 Å². The SMILES string of the molecule is C[C@@H](Cc1ccncc1)C(=O)O. The minimum atomic E-state index is -0.758. The summed E-state index contributed by atoms with van der Waals surface area (Å²) in [5.41, 5.74) is 1.01. The van der Waals surface area contributed by atoms with E-state index in [-0.39, 0.29) is 5.92 Å². The van der Waals surface area contributed by atoms with Gasteiger partial charge in [-0.3, -0.25) is 9.78 Å². The molecule has 0 aliphatic carbocycles. The first-order valence-corrected chi connectivity index (χ1v) is 3.82. The van der Waals surface area contributed by atoms with Crippen molar-refractivity contribution >= 4 is 5.97 Å². The Balaban J connectivity index is 2.58. The van der Waals surface area contributed by atoms with Crippen LogP contribution in [0, 0.1) is 5.92 Å². The summed E-state index contributed by atoms with van der Waals surface area (Å²) in [4.78, 5) is 14.3. The quantitative estimate of drug-likeness (QED) is 0.735. The van der Waals surface area contributed by atoms with E-state index < -0.39 is 5.97 Å². The van der Waals surface area contributed by atoms with Gasteiger partial charge in [0.05, 0.1) is 5.92 Å². The Bertz CT molecular complexity index is 258. The smallest absolute Gasteiger partial charge is 0.306 e. The number of carboxylic acids is 1. The maximum Gasteiger partial charge on any atom is 0.306 e. The van der Waals surface area contributed by atoms with Crippen LogP contribution in [0.1, 0.15) is 12.5 Å². The van der Waals surface area contributed by atoms with Gasteiger partial charge in [0, 0.05) is 12.4 Å². The minimum absolute atomic E-state index is 0.326. The van der Waals surface area contributed by atoms with Gasteiger partial charge in [0.2, 0.25) is 0 Å². The molecule has 0 saturated heterocycles. The summed E-state index contributed by atoms with van der Waals surface area (Å²) >= 11 is 0. The predicted molar refractivity (Wildman–Crippen MR) is 44.7 cm³/mol. The van der Waals surface area contributed by atoms with Gasteiger partial charge < -0.3 is 5.11 Å². The first-order valence-electron chi connectivity index (χ1n) is 3.82. The van der Waals surface area contributed by atoms with Crippen LogP contribution in [-0.2, 0) is 11.2 Å². The summed E-state index contributed by atoms with van der Waals surface area (Å²) in [7, 11) is 0. The number of carbonyl (C=O) groups is 1. The second-order valence-corrected chi connectivity index (χ2v) is 2.80. The molecule has 3 heteroatoms. The summed E-state index contributed by atoms with van der Waals surface area (Å²) < 4.78 is 0. The summed E-state index contributed by atoms with van der Waals surface area (Å²) in [6.45, 7) is 1.70. The lowest BCUT2D eigenvalue weighted by molar-refractivity contribution is -0.141. The Labute approximate surface area is 71.1 Å². The fraction of sp³-hybridized carbons (Fsp3) is 0.333. The van der Waals surface area contributed by atoms with Gasteiger partial charge in [0.1, 0.15) is 0 Å². The molecule has 3 nitrogen and oxygen atoms in total. The fourth-order valence-corrected chi connectivity index (χ4v) is 0.960. The van der Waals surface area contributed by atoms with E-state index in [1.54, 1.807) is 19.3 Å². The van der Waals surface area contributed by atoms with Gasteiger partial charge in [0.25, 0.3) is 0 Å². The van der Waals surface area contributed by atoms with Crippen molar-refractivity contribution in [3.8, 4) is 0 Å². The topological polar surface area (TPSA) is 50.2 Å². The molecule has 0 aliphatic rings. The highest BCUT2D eigenvalue weighted by atomic mass is 16.4. The number of hydrogen-bond donors (Lipinski definition) is 1. The molecule has 1 aromatic rings. The van der Waals surface area contributed by atoms with Gasteiger partial charge in [-0.15, -0.1) is 0 Å². The molecule has 0 aromatic carbocycles. The fourth-order valence-electron chi connectivity index (χ4n) is 0.960. The summed E-state index contributed by atoms with van der Waals surface area (Å²) in [6.07, 6.45) is 3.91. The van der Waals surface area contributed by atoms with E-state index in [9.17, 15) is 4.79 Å².